The molecule has 2 nitrogen and oxygen atoms in total. The molecule has 0 spiro atoms. The minimum atomic E-state index is -0.233. The van der Waals surface area contributed by atoms with Crippen LogP contribution in [-0.2, 0) is 4.74 Å². The van der Waals surface area contributed by atoms with Gasteiger partial charge in [0.25, 0.3) is 0 Å². The number of allylic oxidation sites excluding steroid dienone is 1. The third-order valence-electron chi connectivity index (χ3n) is 2.23. The summed E-state index contributed by atoms with van der Waals surface area (Å²) in [7, 11) is 0. The molecule has 1 aromatic carbocycles. The van der Waals surface area contributed by atoms with Gasteiger partial charge in [-0.2, -0.15) is 0 Å². The van der Waals surface area contributed by atoms with Gasteiger partial charge >= 0.3 is 5.97 Å². The van der Waals surface area contributed by atoms with Crippen molar-refractivity contribution < 1.29 is 9.53 Å². The van der Waals surface area contributed by atoms with E-state index in [2.05, 4.69) is 6.92 Å². The van der Waals surface area contributed by atoms with Gasteiger partial charge in [0.1, 0.15) is 5.76 Å². The molecule has 0 unspecified atom stereocenters. The molecule has 2 rings (SSSR count). The van der Waals surface area contributed by atoms with Crippen LogP contribution in [0.1, 0.15) is 49.5 Å². The lowest BCUT2D eigenvalue weighted by atomic mass is 10.1. The topological polar surface area (TPSA) is 26.3 Å². The molecule has 16 heavy (non-hydrogen) atoms. The summed E-state index contributed by atoms with van der Waals surface area (Å²) in [5.74, 6) is 0.482. The number of fused-ring (bicyclic) bond motifs is 1. The summed E-state index contributed by atoms with van der Waals surface area (Å²) in [6.07, 6.45) is 3.98. The molecule has 0 N–H and O–H groups in total. The highest BCUT2D eigenvalue weighted by Crippen LogP contribution is 2.29. The molecular weight excluding hydrogens is 200 g/mol. The first kappa shape index (κ1) is 12.5. The van der Waals surface area contributed by atoms with Gasteiger partial charge in [0.2, 0.25) is 0 Å². The summed E-state index contributed by atoms with van der Waals surface area (Å²) in [6, 6.07) is 7.48. The SMILES string of the molecule is CC.CCC/C=C1\OC(=O)c2ccccc21. The molecule has 0 saturated heterocycles. The molecule has 1 aromatic rings. The molecule has 0 aromatic heterocycles. The second-order valence-electron chi connectivity index (χ2n) is 3.29. The highest BCUT2D eigenvalue weighted by molar-refractivity contribution is 6.02. The van der Waals surface area contributed by atoms with Crippen LogP contribution in [0.25, 0.3) is 5.76 Å². The zero-order valence-corrected chi connectivity index (χ0v) is 10.1. The monoisotopic (exact) mass is 218 g/mol. The molecule has 0 radical (unpaired) electrons. The molecule has 86 valence electrons. The van der Waals surface area contributed by atoms with Crippen molar-refractivity contribution >= 4 is 11.7 Å². The van der Waals surface area contributed by atoms with Gasteiger partial charge in [-0.1, -0.05) is 45.4 Å². The van der Waals surface area contributed by atoms with E-state index in [0.717, 1.165) is 18.4 Å². The Hall–Kier alpha value is -1.57. The Kier molecular flexibility index (Phi) is 4.77. The number of hydrogen-bond acceptors (Lipinski definition) is 2. The first-order valence-electron chi connectivity index (χ1n) is 5.84. The second-order valence-corrected chi connectivity index (χ2v) is 3.29. The molecule has 0 atom stereocenters. The van der Waals surface area contributed by atoms with E-state index in [1.165, 1.54) is 0 Å². The molecule has 1 heterocycles. The number of ether oxygens (including phenoxy) is 1. The van der Waals surface area contributed by atoms with E-state index in [4.69, 9.17) is 4.74 Å². The Morgan fingerprint density at radius 1 is 1.19 bits per heavy atom. The quantitative estimate of drug-likeness (QED) is 0.701. The fourth-order valence-corrected chi connectivity index (χ4v) is 1.51. The van der Waals surface area contributed by atoms with Gasteiger partial charge in [-0.25, -0.2) is 4.79 Å². The lowest BCUT2D eigenvalue weighted by Crippen LogP contribution is -1.92. The zero-order chi connectivity index (χ0) is 12.0. The van der Waals surface area contributed by atoms with Crippen LogP contribution in [0.2, 0.25) is 0 Å². The van der Waals surface area contributed by atoms with Crippen LogP contribution < -0.4 is 0 Å². The van der Waals surface area contributed by atoms with Crippen LogP contribution in [0.4, 0.5) is 0 Å². The van der Waals surface area contributed by atoms with E-state index >= 15 is 0 Å². The number of esters is 1. The van der Waals surface area contributed by atoms with E-state index in [-0.39, 0.29) is 5.97 Å². The minimum Gasteiger partial charge on any atom is -0.423 e. The predicted octanol–water partition coefficient (Wildman–Crippen LogP) is 4.02. The van der Waals surface area contributed by atoms with Crippen molar-refractivity contribution in [3.63, 3.8) is 0 Å². The van der Waals surface area contributed by atoms with Gasteiger partial charge in [-0.3, -0.25) is 0 Å². The van der Waals surface area contributed by atoms with E-state index in [1.807, 2.05) is 38.1 Å². The van der Waals surface area contributed by atoms with Gasteiger partial charge in [0.05, 0.1) is 5.56 Å². The fourth-order valence-electron chi connectivity index (χ4n) is 1.51. The molecule has 0 saturated carbocycles. The van der Waals surface area contributed by atoms with Gasteiger partial charge < -0.3 is 4.74 Å². The molecule has 0 bridgehead atoms. The second kappa shape index (κ2) is 6.11. The number of carbonyl (C=O) groups excluding carboxylic acids is 1. The van der Waals surface area contributed by atoms with Crippen LogP contribution in [0.15, 0.2) is 30.3 Å². The van der Waals surface area contributed by atoms with Crippen molar-refractivity contribution in [2.75, 3.05) is 0 Å². The van der Waals surface area contributed by atoms with Crippen molar-refractivity contribution in [2.24, 2.45) is 0 Å². The number of rotatable bonds is 2. The Balaban J connectivity index is 0.000000606. The molecule has 1 aliphatic rings. The lowest BCUT2D eigenvalue weighted by molar-refractivity contribution is 0.0715. The van der Waals surface area contributed by atoms with Gasteiger partial charge in [-0.05, 0) is 18.6 Å². The molecule has 0 aliphatic carbocycles. The largest absolute Gasteiger partial charge is 0.423 e. The normalized spacial score (nSPS) is 15.2. The minimum absolute atomic E-state index is 0.233. The van der Waals surface area contributed by atoms with E-state index in [9.17, 15) is 4.79 Å². The van der Waals surface area contributed by atoms with Crippen molar-refractivity contribution in [3.8, 4) is 0 Å². The molecule has 1 aliphatic heterocycles. The van der Waals surface area contributed by atoms with Crippen molar-refractivity contribution in [2.45, 2.75) is 33.6 Å². The maximum atomic E-state index is 11.4. The molecular formula is C14H18O2. The zero-order valence-electron chi connectivity index (χ0n) is 10.1. The summed E-state index contributed by atoms with van der Waals surface area (Å²) < 4.78 is 5.16. The van der Waals surface area contributed by atoms with Crippen LogP contribution in [0, 0.1) is 0 Å². The highest BCUT2D eigenvalue weighted by Gasteiger charge is 2.24. The third kappa shape index (κ3) is 2.51. The van der Waals surface area contributed by atoms with Crippen LogP contribution >= 0.6 is 0 Å². The summed E-state index contributed by atoms with van der Waals surface area (Å²) in [6.45, 7) is 6.10. The van der Waals surface area contributed by atoms with Gasteiger partial charge in [0, 0.05) is 5.56 Å². The van der Waals surface area contributed by atoms with Crippen molar-refractivity contribution in [1.82, 2.24) is 0 Å². The average Bonchev–Trinajstić information content (AvgIpc) is 2.67. The predicted molar refractivity (Wildman–Crippen MR) is 66.1 cm³/mol. The summed E-state index contributed by atoms with van der Waals surface area (Å²) in [5, 5.41) is 0. The van der Waals surface area contributed by atoms with Crippen LogP contribution in [0.5, 0.6) is 0 Å². The highest BCUT2D eigenvalue weighted by atomic mass is 16.5. The van der Waals surface area contributed by atoms with Gasteiger partial charge in [0.15, 0.2) is 0 Å². The summed E-state index contributed by atoms with van der Waals surface area (Å²) >= 11 is 0. The lowest BCUT2D eigenvalue weighted by Gasteiger charge is -1.96. The molecule has 2 heteroatoms. The Morgan fingerprint density at radius 2 is 1.81 bits per heavy atom. The smallest absolute Gasteiger partial charge is 0.344 e. The summed E-state index contributed by atoms with van der Waals surface area (Å²) in [4.78, 5) is 11.4. The molecule has 0 amide bonds. The standard InChI is InChI=1S/C12H12O2.C2H6/c1-2-3-8-11-9-6-4-5-7-10(9)12(13)14-11;1-2/h4-8H,2-3H2,1H3;1-2H3/b11-8-;. The Morgan fingerprint density at radius 3 is 2.44 bits per heavy atom. The number of carbonyl (C=O) groups is 1. The van der Waals surface area contributed by atoms with Crippen LogP contribution in [0.3, 0.4) is 0 Å². The maximum absolute atomic E-state index is 11.4. The Labute approximate surface area is 96.9 Å². The fraction of sp³-hybridized carbons (Fsp3) is 0.357. The Bertz CT molecular complexity index is 391. The first-order chi connectivity index (χ1) is 7.83. The number of unbranched alkanes of at least 4 members (excludes halogenated alkanes) is 1. The van der Waals surface area contributed by atoms with Gasteiger partial charge in [-0.15, -0.1) is 0 Å². The maximum Gasteiger partial charge on any atom is 0.344 e. The number of cyclic esters (lactones) is 1. The third-order valence-corrected chi connectivity index (χ3v) is 2.23. The number of hydrogen-bond donors (Lipinski definition) is 0. The van der Waals surface area contributed by atoms with E-state index < -0.39 is 0 Å². The van der Waals surface area contributed by atoms with Crippen LogP contribution in [-0.4, -0.2) is 5.97 Å². The van der Waals surface area contributed by atoms with Crippen molar-refractivity contribution in [3.05, 3.63) is 41.5 Å². The van der Waals surface area contributed by atoms with E-state index in [0.29, 0.717) is 11.3 Å². The number of benzene rings is 1. The van der Waals surface area contributed by atoms with E-state index in [1.54, 1.807) is 6.07 Å². The summed E-state index contributed by atoms with van der Waals surface area (Å²) in [5.41, 5.74) is 1.60. The van der Waals surface area contributed by atoms with Crippen molar-refractivity contribution in [1.29, 1.82) is 0 Å². The first-order valence-corrected chi connectivity index (χ1v) is 5.84. The molecule has 0 fully saturated rings. The average molecular weight is 218 g/mol.